The molecule has 2 heterocycles. The largest absolute Gasteiger partial charge is 0.338 e. The molecule has 2 rings (SSSR count). The Hall–Kier alpha value is -3.63. The molecule has 4 amide bonds. The van der Waals surface area contributed by atoms with Crippen molar-refractivity contribution in [1.82, 2.24) is 31.2 Å². The molecule has 0 spiro atoms. The number of aliphatic imine (C=N–C) groups is 1. The van der Waals surface area contributed by atoms with Gasteiger partial charge in [0.25, 0.3) is 5.56 Å². The van der Waals surface area contributed by atoms with Crippen LogP contribution in [0.4, 0.5) is 15.5 Å². The fourth-order valence-corrected chi connectivity index (χ4v) is 13.7. The van der Waals surface area contributed by atoms with Crippen molar-refractivity contribution >= 4 is 24.0 Å². The summed E-state index contributed by atoms with van der Waals surface area (Å²) < 4.78 is 0. The third-order valence-corrected chi connectivity index (χ3v) is 19.3. The van der Waals surface area contributed by atoms with Gasteiger partial charge in [-0.05, 0) is 56.4 Å². The zero-order valence-electron chi connectivity index (χ0n) is 60.0. The van der Waals surface area contributed by atoms with Crippen molar-refractivity contribution in [3.05, 3.63) is 46.2 Å². The molecule has 0 bridgehead atoms. The second-order valence-corrected chi connectivity index (χ2v) is 28.0. The first-order valence-electron chi connectivity index (χ1n) is 39.7. The highest BCUT2D eigenvalue weighted by atomic mass is 16.2. The van der Waals surface area contributed by atoms with E-state index >= 15 is 0 Å². The van der Waals surface area contributed by atoms with Gasteiger partial charge >= 0.3 is 12.1 Å². The summed E-state index contributed by atoms with van der Waals surface area (Å²) in [4.78, 5) is 49.8. The van der Waals surface area contributed by atoms with Crippen molar-refractivity contribution in [2.75, 3.05) is 18.4 Å². The lowest BCUT2D eigenvalue weighted by atomic mass is 9.78. The van der Waals surface area contributed by atoms with Crippen LogP contribution in [0.15, 0.2) is 39.9 Å². The lowest BCUT2D eigenvalue weighted by molar-refractivity contribution is 0.236. The lowest BCUT2D eigenvalue weighted by Crippen LogP contribution is -2.46. The topological polar surface area (TPSA) is 152 Å². The average molecular weight is 1260 g/mol. The molecule has 0 aromatic carbocycles. The number of carbonyl (C=O) groups is 2. The molecule has 1 aliphatic rings. The number of hydrogen-bond donors (Lipinski definition) is 6. The van der Waals surface area contributed by atoms with Crippen LogP contribution in [0.25, 0.3) is 0 Å². The van der Waals surface area contributed by atoms with E-state index in [2.05, 4.69) is 75.8 Å². The summed E-state index contributed by atoms with van der Waals surface area (Å²) in [6.07, 6.45) is 80.6. The number of nitrogens with one attached hydrogen (secondary N) is 6. The smallest absolute Gasteiger partial charge is 0.321 e. The van der Waals surface area contributed by atoms with Gasteiger partial charge < -0.3 is 20.9 Å². The summed E-state index contributed by atoms with van der Waals surface area (Å²) in [5.41, 5.74) is 2.31. The van der Waals surface area contributed by atoms with Gasteiger partial charge in [-0.15, -0.1) is 0 Å². The number of allylic oxidation sites excluding steroid dienone is 2. The Labute approximate surface area is 556 Å². The first-order valence-corrected chi connectivity index (χ1v) is 39.7. The fourth-order valence-electron chi connectivity index (χ4n) is 13.7. The summed E-state index contributed by atoms with van der Waals surface area (Å²) >= 11 is 0. The Kier molecular flexibility index (Phi) is 57.5. The Bertz CT molecular complexity index is 1930. The Morgan fingerprint density at radius 3 is 1.06 bits per heavy atom. The highest BCUT2D eigenvalue weighted by molar-refractivity contribution is 5.98. The summed E-state index contributed by atoms with van der Waals surface area (Å²) in [6, 6.07) is 1.08. The van der Waals surface area contributed by atoms with Crippen LogP contribution in [0.1, 0.15) is 412 Å². The predicted octanol–water partition coefficient (Wildman–Crippen LogP) is 24.4. The van der Waals surface area contributed by atoms with Gasteiger partial charge in [-0.2, -0.15) is 4.98 Å². The number of aromatic nitrogens is 2. The number of H-pyrrole nitrogens is 1. The van der Waals surface area contributed by atoms with Crippen LogP contribution in [0.2, 0.25) is 0 Å². The van der Waals surface area contributed by atoms with Gasteiger partial charge in [0.1, 0.15) is 0 Å². The molecule has 11 heteroatoms. The summed E-state index contributed by atoms with van der Waals surface area (Å²) in [6.45, 7) is 14.6. The maximum absolute atomic E-state index is 12.9. The van der Waals surface area contributed by atoms with E-state index in [1.165, 1.54) is 327 Å². The number of aryl methyl sites for hydroxylation is 1. The van der Waals surface area contributed by atoms with Gasteiger partial charge in [0, 0.05) is 30.5 Å². The molecule has 522 valence electrons. The molecular formula is C79H148N8O3. The maximum atomic E-state index is 12.9. The first kappa shape index (κ1) is 82.5. The number of anilines is 1. The number of hydrogen-bond acceptors (Lipinski definition) is 6. The van der Waals surface area contributed by atoms with E-state index in [-0.39, 0.29) is 23.6 Å². The van der Waals surface area contributed by atoms with Gasteiger partial charge in [-0.1, -0.05) is 381 Å². The van der Waals surface area contributed by atoms with E-state index in [0.717, 1.165) is 81.0 Å². The predicted molar refractivity (Wildman–Crippen MR) is 392 cm³/mol. The highest BCUT2D eigenvalue weighted by Gasteiger charge is 2.21. The van der Waals surface area contributed by atoms with Crippen molar-refractivity contribution < 1.29 is 9.59 Å². The molecule has 0 saturated carbocycles. The lowest BCUT2D eigenvalue weighted by Gasteiger charge is -2.28. The van der Waals surface area contributed by atoms with E-state index in [4.69, 9.17) is 0 Å². The van der Waals surface area contributed by atoms with Crippen molar-refractivity contribution in [2.45, 2.75) is 413 Å². The summed E-state index contributed by atoms with van der Waals surface area (Å²) in [7, 11) is 0. The third-order valence-electron chi connectivity index (χ3n) is 19.3. The van der Waals surface area contributed by atoms with Crippen LogP contribution in [0, 0.1) is 11.8 Å². The number of urea groups is 2. The minimum Gasteiger partial charge on any atom is -0.338 e. The van der Waals surface area contributed by atoms with E-state index < -0.39 is 0 Å². The molecule has 0 fully saturated rings. The van der Waals surface area contributed by atoms with Gasteiger partial charge in [0.15, 0.2) is 0 Å². The number of carbonyl (C=O) groups excluding carboxylic acids is 2. The molecule has 1 aliphatic heterocycles. The van der Waals surface area contributed by atoms with E-state index in [1.54, 1.807) is 6.07 Å². The molecule has 0 aliphatic carbocycles. The zero-order valence-corrected chi connectivity index (χ0v) is 60.0. The number of guanidine groups is 1. The molecule has 6 N–H and O–H groups in total. The van der Waals surface area contributed by atoms with Gasteiger partial charge in [0.2, 0.25) is 11.9 Å². The summed E-state index contributed by atoms with van der Waals surface area (Å²) in [5, 5.41) is 15.2. The maximum Gasteiger partial charge on any atom is 0.321 e. The molecule has 11 nitrogen and oxygen atoms in total. The molecule has 90 heavy (non-hydrogen) atoms. The minimum atomic E-state index is -0.308. The SMILES string of the molecule is C=C1C=C(CCCCCCCCCCCCCCC)NC(NC(=O)NCCCCCCCCC(CCCCCCCCCC)C(CCCCCCCCCC)CCCCCCCCNC(=O)Nc2nc(=O)cc(CCCCCCCCCCCCCCC)[nH]2)=N1. The molecular weight excluding hydrogens is 1110 g/mol. The van der Waals surface area contributed by atoms with E-state index in [9.17, 15) is 14.4 Å². The quantitative estimate of drug-likeness (QED) is 0.0359. The van der Waals surface area contributed by atoms with Crippen molar-refractivity contribution in [2.24, 2.45) is 16.8 Å². The number of amides is 4. The van der Waals surface area contributed by atoms with Crippen LogP contribution in [0.3, 0.4) is 0 Å². The normalized spacial score (nSPS) is 13.0. The highest BCUT2D eigenvalue weighted by Crippen LogP contribution is 2.34. The van der Waals surface area contributed by atoms with Crippen LogP contribution in [-0.2, 0) is 6.42 Å². The van der Waals surface area contributed by atoms with Crippen molar-refractivity contribution in [1.29, 1.82) is 0 Å². The van der Waals surface area contributed by atoms with Gasteiger partial charge in [-0.3, -0.25) is 15.4 Å². The number of unbranched alkanes of at least 4 members (excludes halogenated alkanes) is 48. The number of rotatable bonds is 66. The number of aromatic amines is 1. The average Bonchev–Trinajstić information content (AvgIpc) is 2.21. The Morgan fingerprint density at radius 1 is 0.400 bits per heavy atom. The van der Waals surface area contributed by atoms with Gasteiger partial charge in [-0.25, -0.2) is 14.6 Å². The standard InChI is InChI=1S/C79H148N8O3/c1-6-10-14-18-22-26-28-30-32-34-38-48-56-64-73-68-70(5)82-76(83-73)86-78(89)80-66-58-50-42-40-46-54-62-71(60-52-44-36-24-20-16-12-8-3)72(61-53-45-37-25-21-17-13-9-4)63-55-47-41-43-51-59-67-81-79(90)87-77-84-74(69-75(88)85-77)65-57-49-39-35-33-31-29-27-23-19-15-11-7-2/h68-69,71-72H,5-67H2,1-4H3,(H3,80,82,83,86,89)(H3,81,84,85,87,88,90). The third kappa shape index (κ3) is 51.8. The molecule has 0 saturated heterocycles. The Balaban J connectivity index is 1.73. The van der Waals surface area contributed by atoms with Crippen LogP contribution in [-0.4, -0.2) is 41.1 Å². The van der Waals surface area contributed by atoms with E-state index in [0.29, 0.717) is 24.7 Å². The second kappa shape index (κ2) is 62.8. The molecule has 2 atom stereocenters. The van der Waals surface area contributed by atoms with Crippen LogP contribution < -0.4 is 32.1 Å². The van der Waals surface area contributed by atoms with E-state index in [1.807, 2.05) is 6.08 Å². The number of nitrogens with zero attached hydrogens (tertiary/aromatic N) is 2. The van der Waals surface area contributed by atoms with Crippen molar-refractivity contribution in [3.63, 3.8) is 0 Å². The molecule has 1 aromatic heterocycles. The second-order valence-electron chi connectivity index (χ2n) is 28.0. The van der Waals surface area contributed by atoms with Gasteiger partial charge in [0.05, 0.1) is 5.70 Å². The zero-order chi connectivity index (χ0) is 64.7. The fraction of sp³-hybridized carbons (Fsp3) is 0.861. The molecule has 1 aromatic rings. The summed E-state index contributed by atoms with van der Waals surface area (Å²) in [5.74, 6) is 2.42. The first-order chi connectivity index (χ1) is 44.3. The molecule has 2 unspecified atom stereocenters. The van der Waals surface area contributed by atoms with Crippen LogP contribution in [0.5, 0.6) is 0 Å². The monoisotopic (exact) mass is 1260 g/mol. The minimum absolute atomic E-state index is 0.196. The Morgan fingerprint density at radius 2 is 0.700 bits per heavy atom. The van der Waals surface area contributed by atoms with Crippen molar-refractivity contribution in [3.8, 4) is 0 Å². The molecule has 0 radical (unpaired) electrons. The van der Waals surface area contributed by atoms with Crippen LogP contribution >= 0.6 is 0 Å².